The zero-order valence-corrected chi connectivity index (χ0v) is 13.7. The van der Waals surface area contributed by atoms with Gasteiger partial charge >= 0.3 is 0 Å². The summed E-state index contributed by atoms with van der Waals surface area (Å²) in [7, 11) is 3.81. The van der Waals surface area contributed by atoms with Gasteiger partial charge in [-0.2, -0.15) is 0 Å². The molecule has 0 aromatic carbocycles. The quantitative estimate of drug-likeness (QED) is 0.898. The number of anilines is 1. The normalized spacial score (nSPS) is 18.9. The smallest absolute Gasteiger partial charge is 0.273 e. The van der Waals surface area contributed by atoms with Crippen LogP contribution in [-0.2, 0) is 13.5 Å². The summed E-state index contributed by atoms with van der Waals surface area (Å²) in [6.45, 7) is 0.933. The number of likely N-dealkylation sites (N-methyl/N-ethyl adjacent to an activating group) is 1. The number of nitrogens with one attached hydrogen (secondary N) is 1. The maximum Gasteiger partial charge on any atom is 0.273 e. The second kappa shape index (κ2) is 5.31. The molecule has 0 fully saturated rings. The zero-order chi connectivity index (χ0) is 14.3. The van der Waals surface area contributed by atoms with E-state index in [9.17, 15) is 4.79 Å². The summed E-state index contributed by atoms with van der Waals surface area (Å²) in [4.78, 5) is 20.0. The number of rotatable bonds is 2. The average Bonchev–Trinajstić information content (AvgIpc) is 2.87. The van der Waals surface area contributed by atoms with Gasteiger partial charge in [-0.05, 0) is 29.0 Å². The van der Waals surface area contributed by atoms with Crippen LogP contribution < -0.4 is 10.9 Å². The highest BCUT2D eigenvalue weighted by atomic mass is 79.9. The molecule has 0 saturated heterocycles. The van der Waals surface area contributed by atoms with Gasteiger partial charge in [-0.1, -0.05) is 0 Å². The topological polar surface area (TPSA) is 50.2 Å². The fourth-order valence-electron chi connectivity index (χ4n) is 2.40. The molecule has 0 bridgehead atoms. The third-order valence-corrected chi connectivity index (χ3v) is 4.86. The van der Waals surface area contributed by atoms with Crippen molar-refractivity contribution in [2.24, 2.45) is 7.05 Å². The Balaban J connectivity index is 1.98. The van der Waals surface area contributed by atoms with Crippen LogP contribution in [0.2, 0.25) is 0 Å². The van der Waals surface area contributed by atoms with E-state index in [2.05, 4.69) is 38.2 Å². The van der Waals surface area contributed by atoms with Crippen LogP contribution in [0.1, 0.15) is 16.7 Å². The van der Waals surface area contributed by atoms with E-state index in [4.69, 9.17) is 0 Å². The van der Waals surface area contributed by atoms with E-state index < -0.39 is 0 Å². The van der Waals surface area contributed by atoms with Crippen molar-refractivity contribution in [1.82, 2.24) is 14.5 Å². The first-order chi connectivity index (χ1) is 9.56. The average molecular weight is 355 g/mol. The van der Waals surface area contributed by atoms with E-state index in [1.54, 1.807) is 29.1 Å². The van der Waals surface area contributed by atoms with Crippen molar-refractivity contribution in [3.05, 3.63) is 43.2 Å². The lowest BCUT2D eigenvalue weighted by Gasteiger charge is -2.32. The first-order valence-corrected chi connectivity index (χ1v) is 7.98. The Morgan fingerprint density at radius 2 is 2.30 bits per heavy atom. The minimum Gasteiger partial charge on any atom is -0.361 e. The Morgan fingerprint density at radius 1 is 1.50 bits per heavy atom. The molecule has 1 aliphatic heterocycles. The van der Waals surface area contributed by atoms with Gasteiger partial charge < -0.3 is 9.88 Å². The third kappa shape index (κ3) is 2.41. The molecular formula is C13H15BrN4OS. The third-order valence-electron chi connectivity index (χ3n) is 3.51. The number of hydrogen-bond donors (Lipinski definition) is 1. The lowest BCUT2D eigenvalue weighted by Crippen LogP contribution is -2.37. The summed E-state index contributed by atoms with van der Waals surface area (Å²) in [5.74, 6) is 0. The lowest BCUT2D eigenvalue weighted by atomic mass is 10.1. The molecule has 1 unspecified atom stereocenters. The van der Waals surface area contributed by atoms with Crippen molar-refractivity contribution in [2.75, 3.05) is 18.9 Å². The van der Waals surface area contributed by atoms with E-state index in [0.717, 1.165) is 23.1 Å². The standard InChI is InChI=1S/C13H15BrN4OS/c1-17-4-3-9-11(20-7-15-9)12(17)16-10-5-8(14)6-18(2)13(10)19/h5-7,12,16H,3-4H2,1-2H3. The van der Waals surface area contributed by atoms with Crippen LogP contribution in [0.15, 0.2) is 27.0 Å². The summed E-state index contributed by atoms with van der Waals surface area (Å²) < 4.78 is 2.45. The number of pyridine rings is 1. The van der Waals surface area contributed by atoms with Crippen molar-refractivity contribution >= 4 is 33.0 Å². The molecule has 5 nitrogen and oxygen atoms in total. The molecule has 0 radical (unpaired) electrons. The van der Waals surface area contributed by atoms with Crippen molar-refractivity contribution < 1.29 is 0 Å². The zero-order valence-electron chi connectivity index (χ0n) is 11.3. The number of aromatic nitrogens is 2. The van der Waals surface area contributed by atoms with Crippen LogP contribution in [0.25, 0.3) is 0 Å². The summed E-state index contributed by atoms with van der Waals surface area (Å²) in [6.07, 6.45) is 2.73. The maximum absolute atomic E-state index is 12.2. The Kier molecular flexibility index (Phi) is 3.66. The fourth-order valence-corrected chi connectivity index (χ4v) is 3.89. The SMILES string of the molecule is CN1CCc2ncsc2C1Nc1cc(Br)cn(C)c1=O. The van der Waals surface area contributed by atoms with E-state index in [1.807, 2.05) is 11.6 Å². The first-order valence-electron chi connectivity index (χ1n) is 6.31. The van der Waals surface area contributed by atoms with Crippen molar-refractivity contribution in [1.29, 1.82) is 0 Å². The van der Waals surface area contributed by atoms with Crippen molar-refractivity contribution in [2.45, 2.75) is 12.6 Å². The van der Waals surface area contributed by atoms with E-state index in [1.165, 1.54) is 4.88 Å². The molecule has 2 aromatic rings. The summed E-state index contributed by atoms with van der Waals surface area (Å²) >= 11 is 5.06. The monoisotopic (exact) mass is 354 g/mol. The fraction of sp³-hybridized carbons (Fsp3) is 0.385. The molecule has 3 rings (SSSR count). The highest BCUT2D eigenvalue weighted by Gasteiger charge is 2.27. The molecule has 0 aliphatic carbocycles. The van der Waals surface area contributed by atoms with Gasteiger partial charge in [-0.3, -0.25) is 9.69 Å². The second-order valence-corrected chi connectivity index (χ2v) is 6.73. The second-order valence-electron chi connectivity index (χ2n) is 4.93. The number of nitrogens with zero attached hydrogens (tertiary/aromatic N) is 3. The predicted molar refractivity (Wildman–Crippen MR) is 84.2 cm³/mol. The highest BCUT2D eigenvalue weighted by molar-refractivity contribution is 9.10. The highest BCUT2D eigenvalue weighted by Crippen LogP contribution is 2.31. The summed E-state index contributed by atoms with van der Waals surface area (Å²) in [6, 6.07) is 1.82. The van der Waals surface area contributed by atoms with Gasteiger partial charge in [0.1, 0.15) is 11.9 Å². The van der Waals surface area contributed by atoms with E-state index >= 15 is 0 Å². The number of fused-ring (bicyclic) bond motifs is 1. The molecule has 0 spiro atoms. The molecule has 1 N–H and O–H groups in total. The van der Waals surface area contributed by atoms with Gasteiger partial charge in [0.25, 0.3) is 5.56 Å². The molecule has 3 heterocycles. The number of thiazole rings is 1. The molecule has 1 aliphatic rings. The predicted octanol–water partition coefficient (Wildman–Crippen LogP) is 2.20. The number of halogens is 1. The Morgan fingerprint density at radius 3 is 3.10 bits per heavy atom. The van der Waals surface area contributed by atoms with Gasteiger partial charge in [0, 0.05) is 30.7 Å². The summed E-state index contributed by atoms with van der Waals surface area (Å²) in [5, 5.41) is 3.36. The molecule has 1 atom stereocenters. The first kappa shape index (κ1) is 13.8. The molecule has 2 aromatic heterocycles. The minimum absolute atomic E-state index is 0.00764. The summed E-state index contributed by atoms with van der Waals surface area (Å²) in [5.41, 5.74) is 3.58. The molecular weight excluding hydrogens is 340 g/mol. The Bertz CT molecular complexity index is 696. The van der Waals surface area contributed by atoms with Crippen molar-refractivity contribution in [3.8, 4) is 0 Å². The van der Waals surface area contributed by atoms with Gasteiger partial charge in [0.2, 0.25) is 0 Å². The van der Waals surface area contributed by atoms with E-state index in [0.29, 0.717) is 5.69 Å². The molecule has 106 valence electrons. The molecule has 7 heteroatoms. The van der Waals surface area contributed by atoms with Crippen LogP contribution in [0.4, 0.5) is 5.69 Å². The number of aryl methyl sites for hydroxylation is 1. The van der Waals surface area contributed by atoms with Crippen LogP contribution in [0, 0.1) is 0 Å². The van der Waals surface area contributed by atoms with Crippen LogP contribution in [-0.4, -0.2) is 28.0 Å². The van der Waals surface area contributed by atoms with Crippen LogP contribution >= 0.6 is 27.3 Å². The van der Waals surface area contributed by atoms with Gasteiger partial charge in [0.05, 0.1) is 16.1 Å². The molecule has 20 heavy (non-hydrogen) atoms. The lowest BCUT2D eigenvalue weighted by molar-refractivity contribution is 0.257. The largest absolute Gasteiger partial charge is 0.361 e. The van der Waals surface area contributed by atoms with Gasteiger partial charge in [-0.15, -0.1) is 11.3 Å². The minimum atomic E-state index is -0.0294. The Hall–Kier alpha value is -1.18. The Labute approximate surface area is 129 Å². The van der Waals surface area contributed by atoms with E-state index in [-0.39, 0.29) is 11.7 Å². The van der Waals surface area contributed by atoms with Crippen molar-refractivity contribution in [3.63, 3.8) is 0 Å². The van der Waals surface area contributed by atoms with Gasteiger partial charge in [-0.25, -0.2) is 4.98 Å². The van der Waals surface area contributed by atoms with Crippen LogP contribution in [0.3, 0.4) is 0 Å². The van der Waals surface area contributed by atoms with Crippen LogP contribution in [0.5, 0.6) is 0 Å². The molecule has 0 amide bonds. The number of hydrogen-bond acceptors (Lipinski definition) is 5. The molecule has 0 saturated carbocycles. The maximum atomic E-state index is 12.2. The van der Waals surface area contributed by atoms with Gasteiger partial charge in [0.15, 0.2) is 0 Å².